The largest absolute Gasteiger partial charge is 0.493 e. The lowest BCUT2D eigenvalue weighted by Gasteiger charge is -2.07. The van der Waals surface area contributed by atoms with Gasteiger partial charge in [0.05, 0.1) is 19.6 Å². The average molecular weight is 449 g/mol. The summed E-state index contributed by atoms with van der Waals surface area (Å²) in [5.41, 5.74) is 2.27. The van der Waals surface area contributed by atoms with Crippen molar-refractivity contribution in [1.29, 1.82) is 0 Å². The molecule has 2 aromatic heterocycles. The van der Waals surface area contributed by atoms with Gasteiger partial charge in [-0.15, -0.1) is 11.3 Å². The summed E-state index contributed by atoms with van der Waals surface area (Å²) in [4.78, 5) is 32.5. The molecule has 0 unspecified atom stereocenters. The van der Waals surface area contributed by atoms with Crippen LogP contribution in [0.2, 0.25) is 0 Å². The predicted molar refractivity (Wildman–Crippen MR) is 124 cm³/mol. The SMILES string of the molecule is COc1ccc(C=CC(=O)OCc2nc3scc(-c4ccccc4)c3c(=O)[nH]2)cc1OC. The van der Waals surface area contributed by atoms with E-state index in [1.54, 1.807) is 38.5 Å². The zero-order chi connectivity index (χ0) is 22.5. The number of nitrogens with zero attached hydrogens (tertiary/aromatic N) is 1. The molecule has 0 spiro atoms. The lowest BCUT2D eigenvalue weighted by molar-refractivity contribution is -0.139. The minimum Gasteiger partial charge on any atom is -0.493 e. The molecule has 0 radical (unpaired) electrons. The van der Waals surface area contributed by atoms with Crippen molar-refractivity contribution in [1.82, 2.24) is 9.97 Å². The molecule has 0 bridgehead atoms. The van der Waals surface area contributed by atoms with Crippen molar-refractivity contribution in [3.63, 3.8) is 0 Å². The summed E-state index contributed by atoms with van der Waals surface area (Å²) in [7, 11) is 3.10. The first-order chi connectivity index (χ1) is 15.6. The van der Waals surface area contributed by atoms with Crippen molar-refractivity contribution in [2.45, 2.75) is 6.61 Å². The number of rotatable bonds is 7. The number of carbonyl (C=O) groups is 1. The maximum Gasteiger partial charge on any atom is 0.331 e. The van der Waals surface area contributed by atoms with E-state index < -0.39 is 5.97 Å². The summed E-state index contributed by atoms with van der Waals surface area (Å²) >= 11 is 1.38. The molecule has 8 heteroatoms. The summed E-state index contributed by atoms with van der Waals surface area (Å²) in [5.74, 6) is 0.890. The topological polar surface area (TPSA) is 90.5 Å². The average Bonchev–Trinajstić information content (AvgIpc) is 3.26. The van der Waals surface area contributed by atoms with Crippen LogP contribution in [0.3, 0.4) is 0 Å². The van der Waals surface area contributed by atoms with Gasteiger partial charge < -0.3 is 19.2 Å². The van der Waals surface area contributed by atoms with Gasteiger partial charge in [0, 0.05) is 17.0 Å². The maximum atomic E-state index is 12.7. The molecule has 162 valence electrons. The van der Waals surface area contributed by atoms with Gasteiger partial charge in [0.1, 0.15) is 17.3 Å². The molecule has 32 heavy (non-hydrogen) atoms. The van der Waals surface area contributed by atoms with Crippen molar-refractivity contribution in [3.8, 4) is 22.6 Å². The van der Waals surface area contributed by atoms with E-state index >= 15 is 0 Å². The highest BCUT2D eigenvalue weighted by Crippen LogP contribution is 2.30. The molecule has 1 N–H and O–H groups in total. The molecule has 0 amide bonds. The van der Waals surface area contributed by atoms with Crippen LogP contribution in [-0.2, 0) is 16.1 Å². The minimum absolute atomic E-state index is 0.140. The van der Waals surface area contributed by atoms with Crippen molar-refractivity contribution in [3.05, 3.63) is 81.7 Å². The van der Waals surface area contributed by atoms with E-state index in [4.69, 9.17) is 14.2 Å². The molecule has 4 rings (SSSR count). The Hall–Kier alpha value is -3.91. The van der Waals surface area contributed by atoms with E-state index in [0.717, 1.165) is 16.7 Å². The third-order valence-corrected chi connectivity index (χ3v) is 5.62. The Labute approximate surface area is 187 Å². The Morgan fingerprint density at radius 2 is 1.88 bits per heavy atom. The highest BCUT2D eigenvalue weighted by atomic mass is 32.1. The number of aromatic nitrogens is 2. The van der Waals surface area contributed by atoms with E-state index in [9.17, 15) is 9.59 Å². The summed E-state index contributed by atoms with van der Waals surface area (Å²) in [6.45, 7) is -0.140. The van der Waals surface area contributed by atoms with Crippen LogP contribution in [0.1, 0.15) is 11.4 Å². The number of hydrogen-bond donors (Lipinski definition) is 1. The van der Waals surface area contributed by atoms with Crippen LogP contribution in [0.4, 0.5) is 0 Å². The Balaban J connectivity index is 1.46. The van der Waals surface area contributed by atoms with Gasteiger partial charge in [-0.2, -0.15) is 0 Å². The first-order valence-corrected chi connectivity index (χ1v) is 10.6. The Kier molecular flexibility index (Phi) is 6.32. The molecule has 0 atom stereocenters. The Morgan fingerprint density at radius 1 is 1.09 bits per heavy atom. The van der Waals surface area contributed by atoms with Gasteiger partial charge in [-0.3, -0.25) is 4.79 Å². The maximum absolute atomic E-state index is 12.7. The quantitative estimate of drug-likeness (QED) is 0.332. The molecule has 2 aromatic carbocycles. The van der Waals surface area contributed by atoms with Gasteiger partial charge in [0.25, 0.3) is 5.56 Å². The number of H-pyrrole nitrogens is 1. The number of benzene rings is 2. The molecule has 7 nitrogen and oxygen atoms in total. The molecule has 0 aliphatic heterocycles. The smallest absolute Gasteiger partial charge is 0.331 e. The Bertz CT molecular complexity index is 1340. The van der Waals surface area contributed by atoms with Gasteiger partial charge in [-0.25, -0.2) is 9.78 Å². The molecule has 0 fully saturated rings. The van der Waals surface area contributed by atoms with Crippen molar-refractivity contribution >= 4 is 33.6 Å². The van der Waals surface area contributed by atoms with Gasteiger partial charge in [0.2, 0.25) is 0 Å². The number of nitrogens with one attached hydrogen (secondary N) is 1. The fourth-order valence-electron chi connectivity index (χ4n) is 3.20. The van der Waals surface area contributed by atoms with Crippen molar-refractivity contribution in [2.24, 2.45) is 0 Å². The number of aromatic amines is 1. The van der Waals surface area contributed by atoms with E-state index in [-0.39, 0.29) is 18.0 Å². The number of thiophene rings is 1. The van der Waals surface area contributed by atoms with E-state index in [2.05, 4.69) is 9.97 Å². The number of methoxy groups -OCH3 is 2. The van der Waals surface area contributed by atoms with E-state index in [1.807, 2.05) is 35.7 Å². The second kappa shape index (κ2) is 9.49. The van der Waals surface area contributed by atoms with Crippen LogP contribution in [0, 0.1) is 0 Å². The number of fused-ring (bicyclic) bond motifs is 1. The standard InChI is InChI=1S/C24H20N2O5S/c1-29-18-10-8-15(12-19(18)30-2)9-11-21(27)31-13-20-25-23(28)22-17(14-32-24(22)26-20)16-6-4-3-5-7-16/h3-12,14H,13H2,1-2H3,(H,25,26,28). The lowest BCUT2D eigenvalue weighted by atomic mass is 10.1. The molecular formula is C24H20N2O5S. The monoisotopic (exact) mass is 448 g/mol. The van der Waals surface area contributed by atoms with Crippen LogP contribution >= 0.6 is 11.3 Å². The normalized spacial score (nSPS) is 11.1. The third kappa shape index (κ3) is 4.55. The lowest BCUT2D eigenvalue weighted by Crippen LogP contribution is -2.13. The zero-order valence-corrected chi connectivity index (χ0v) is 18.3. The summed E-state index contributed by atoms with van der Waals surface area (Å²) in [5, 5.41) is 2.44. The molecular weight excluding hydrogens is 428 g/mol. The van der Waals surface area contributed by atoms with E-state index in [1.165, 1.54) is 17.4 Å². The number of ether oxygens (including phenoxy) is 3. The number of esters is 1. The highest BCUT2D eigenvalue weighted by Gasteiger charge is 2.13. The highest BCUT2D eigenvalue weighted by molar-refractivity contribution is 7.17. The van der Waals surface area contributed by atoms with Crippen molar-refractivity contribution < 1.29 is 19.0 Å². The van der Waals surface area contributed by atoms with Crippen LogP contribution < -0.4 is 15.0 Å². The third-order valence-electron chi connectivity index (χ3n) is 4.75. The Morgan fingerprint density at radius 3 is 2.62 bits per heavy atom. The zero-order valence-electron chi connectivity index (χ0n) is 17.5. The first kappa shape index (κ1) is 21.3. The van der Waals surface area contributed by atoms with E-state index in [0.29, 0.717) is 21.7 Å². The summed E-state index contributed by atoms with van der Waals surface area (Å²) < 4.78 is 15.7. The molecule has 0 aliphatic rings. The fraction of sp³-hybridized carbons (Fsp3) is 0.125. The van der Waals surface area contributed by atoms with Crippen LogP contribution in [0.25, 0.3) is 27.4 Å². The second-order valence-electron chi connectivity index (χ2n) is 6.76. The van der Waals surface area contributed by atoms with Gasteiger partial charge in [-0.05, 0) is 29.3 Å². The fourth-order valence-corrected chi connectivity index (χ4v) is 4.17. The summed E-state index contributed by atoms with van der Waals surface area (Å²) in [6, 6.07) is 14.9. The second-order valence-corrected chi connectivity index (χ2v) is 7.62. The minimum atomic E-state index is -0.557. The van der Waals surface area contributed by atoms with Crippen LogP contribution in [-0.4, -0.2) is 30.2 Å². The number of hydrogen-bond acceptors (Lipinski definition) is 7. The van der Waals surface area contributed by atoms with Gasteiger partial charge >= 0.3 is 5.97 Å². The summed E-state index contributed by atoms with van der Waals surface area (Å²) in [6.07, 6.45) is 2.91. The number of carbonyl (C=O) groups excluding carboxylic acids is 1. The van der Waals surface area contributed by atoms with Crippen molar-refractivity contribution in [2.75, 3.05) is 14.2 Å². The predicted octanol–water partition coefficient (Wildman–Crippen LogP) is 4.43. The molecule has 4 aromatic rings. The molecule has 0 saturated carbocycles. The van der Waals surface area contributed by atoms with Gasteiger partial charge in [-0.1, -0.05) is 36.4 Å². The molecule has 2 heterocycles. The van der Waals surface area contributed by atoms with Gasteiger partial charge in [0.15, 0.2) is 11.5 Å². The molecule has 0 aliphatic carbocycles. The molecule has 0 saturated heterocycles. The first-order valence-electron chi connectivity index (χ1n) is 9.71. The van der Waals surface area contributed by atoms with Crippen LogP contribution in [0.5, 0.6) is 11.5 Å². The van der Waals surface area contributed by atoms with Crippen LogP contribution in [0.15, 0.2) is 64.8 Å².